The van der Waals surface area contributed by atoms with Crippen molar-refractivity contribution < 1.29 is 23.8 Å². The molecule has 2 heterocycles. The van der Waals surface area contributed by atoms with Crippen LogP contribution in [-0.2, 0) is 16.0 Å². The van der Waals surface area contributed by atoms with Gasteiger partial charge < -0.3 is 14.2 Å². The van der Waals surface area contributed by atoms with Gasteiger partial charge >= 0.3 is 0 Å². The average Bonchev–Trinajstić information content (AvgIpc) is 3.47. The summed E-state index contributed by atoms with van der Waals surface area (Å²) in [6.45, 7) is 3.66. The third-order valence-corrected chi connectivity index (χ3v) is 7.63. The highest BCUT2D eigenvalue weighted by Crippen LogP contribution is 2.33. The van der Waals surface area contributed by atoms with Gasteiger partial charge in [0.15, 0.2) is 11.5 Å². The average molecular weight is 589 g/mol. The van der Waals surface area contributed by atoms with Gasteiger partial charge in [0.25, 0.3) is 11.8 Å². The van der Waals surface area contributed by atoms with Gasteiger partial charge in [0, 0.05) is 29.4 Å². The maximum atomic E-state index is 13.9. The zero-order valence-electron chi connectivity index (χ0n) is 25.2. The quantitative estimate of drug-likeness (QED) is 0.182. The highest BCUT2D eigenvalue weighted by molar-refractivity contribution is 6.19. The van der Waals surface area contributed by atoms with Crippen LogP contribution in [0.3, 0.4) is 0 Å². The van der Waals surface area contributed by atoms with Crippen molar-refractivity contribution in [2.24, 2.45) is 0 Å². The summed E-state index contributed by atoms with van der Waals surface area (Å²) in [5.41, 5.74) is 5.27. The number of aryl methyl sites for hydroxylation is 1. The van der Waals surface area contributed by atoms with Crippen LogP contribution in [0.25, 0.3) is 23.0 Å². The fourth-order valence-electron chi connectivity index (χ4n) is 5.22. The lowest BCUT2D eigenvalue weighted by Gasteiger charge is -2.27. The molecule has 0 saturated carbocycles. The molecule has 222 valence electrons. The van der Waals surface area contributed by atoms with Crippen molar-refractivity contribution in [2.75, 3.05) is 27.9 Å². The number of rotatable bonds is 9. The lowest BCUT2D eigenvalue weighted by atomic mass is 9.93. The van der Waals surface area contributed by atoms with E-state index < -0.39 is 11.8 Å². The lowest BCUT2D eigenvalue weighted by Crippen LogP contribution is -2.43. The molecule has 0 saturated heterocycles. The van der Waals surface area contributed by atoms with E-state index in [-0.39, 0.29) is 17.7 Å². The third kappa shape index (κ3) is 5.70. The minimum absolute atomic E-state index is 0.0690. The van der Waals surface area contributed by atoms with E-state index in [9.17, 15) is 14.9 Å². The van der Waals surface area contributed by atoms with Crippen LogP contribution in [0.1, 0.15) is 23.6 Å². The number of amides is 2. The molecule has 9 nitrogen and oxygen atoms in total. The van der Waals surface area contributed by atoms with E-state index in [0.29, 0.717) is 34.8 Å². The van der Waals surface area contributed by atoms with Gasteiger partial charge in [0.05, 0.1) is 32.7 Å². The largest absolute Gasteiger partial charge is 0.496 e. The van der Waals surface area contributed by atoms with Gasteiger partial charge in [-0.15, -0.1) is 0 Å². The first kappa shape index (κ1) is 29.9. The fourth-order valence-corrected chi connectivity index (χ4v) is 5.22. The molecular weight excluding hydrogens is 556 g/mol. The monoisotopic (exact) mass is 588 g/mol. The zero-order chi connectivity index (χ0) is 31.4. The SMILES string of the molecule is COc1ccc(-c2nn(-c3ccccc3)cc2/C=C2/C(=O)N(CCc3ccc(OC)c(OC)c3)C(=O)C(C#N)=C2C)cc1C. The van der Waals surface area contributed by atoms with Crippen molar-refractivity contribution in [2.45, 2.75) is 20.3 Å². The topological polar surface area (TPSA) is 107 Å². The molecule has 1 aliphatic heterocycles. The number of aromatic nitrogens is 2. The Kier molecular flexibility index (Phi) is 8.63. The van der Waals surface area contributed by atoms with E-state index in [4.69, 9.17) is 19.3 Å². The summed E-state index contributed by atoms with van der Waals surface area (Å²) in [6.07, 6.45) is 3.92. The summed E-state index contributed by atoms with van der Waals surface area (Å²) in [6, 6.07) is 22.9. The normalized spacial score (nSPS) is 14.2. The van der Waals surface area contributed by atoms with Crippen molar-refractivity contribution in [3.63, 3.8) is 0 Å². The van der Waals surface area contributed by atoms with E-state index in [0.717, 1.165) is 33.0 Å². The number of carbonyl (C=O) groups excluding carboxylic acids is 2. The number of nitriles is 1. The number of hydrogen-bond acceptors (Lipinski definition) is 7. The highest BCUT2D eigenvalue weighted by Gasteiger charge is 2.35. The van der Waals surface area contributed by atoms with Gasteiger partial charge in [-0.05, 0) is 85.5 Å². The molecule has 44 heavy (non-hydrogen) atoms. The molecule has 0 unspecified atom stereocenters. The van der Waals surface area contributed by atoms with Crippen LogP contribution in [0.15, 0.2) is 89.6 Å². The molecule has 0 radical (unpaired) electrons. The summed E-state index contributed by atoms with van der Waals surface area (Å²) in [4.78, 5) is 28.4. The smallest absolute Gasteiger partial charge is 0.271 e. The van der Waals surface area contributed by atoms with Gasteiger partial charge in [-0.3, -0.25) is 14.5 Å². The molecular formula is C35H32N4O5. The van der Waals surface area contributed by atoms with E-state index in [1.165, 1.54) is 0 Å². The Hall–Kier alpha value is -5.62. The summed E-state index contributed by atoms with van der Waals surface area (Å²) in [5, 5.41) is 14.8. The molecule has 0 fully saturated rings. The molecule has 1 aliphatic rings. The molecule has 0 N–H and O–H groups in total. The van der Waals surface area contributed by atoms with Gasteiger partial charge in [0.1, 0.15) is 17.4 Å². The summed E-state index contributed by atoms with van der Waals surface area (Å²) in [5.74, 6) is 0.789. The van der Waals surface area contributed by atoms with Crippen molar-refractivity contribution in [1.82, 2.24) is 14.7 Å². The van der Waals surface area contributed by atoms with Gasteiger partial charge in [-0.2, -0.15) is 10.4 Å². The molecule has 2 amide bonds. The van der Waals surface area contributed by atoms with Crippen molar-refractivity contribution in [3.05, 3.63) is 106 Å². The number of hydrogen-bond donors (Lipinski definition) is 0. The number of para-hydroxylation sites is 1. The molecule has 9 heteroatoms. The Labute approximate surface area is 256 Å². The van der Waals surface area contributed by atoms with E-state index in [1.54, 1.807) is 45.1 Å². The van der Waals surface area contributed by atoms with Crippen LogP contribution in [0.5, 0.6) is 17.2 Å². The Bertz CT molecular complexity index is 1850. The maximum absolute atomic E-state index is 13.9. The second-order valence-electron chi connectivity index (χ2n) is 10.3. The number of ether oxygens (including phenoxy) is 3. The number of methoxy groups -OCH3 is 3. The van der Waals surface area contributed by atoms with Crippen molar-refractivity contribution in [3.8, 4) is 40.3 Å². The first-order valence-corrected chi connectivity index (χ1v) is 14.0. The molecule has 5 rings (SSSR count). The Morgan fingerprint density at radius 1 is 0.864 bits per heavy atom. The molecule has 1 aromatic heterocycles. The molecule has 3 aromatic carbocycles. The van der Waals surface area contributed by atoms with E-state index in [1.807, 2.05) is 79.9 Å². The Morgan fingerprint density at radius 2 is 1.57 bits per heavy atom. The summed E-state index contributed by atoms with van der Waals surface area (Å²) < 4.78 is 17.9. The number of imide groups is 1. The number of benzene rings is 3. The first-order valence-electron chi connectivity index (χ1n) is 14.0. The van der Waals surface area contributed by atoms with Crippen LogP contribution < -0.4 is 14.2 Å². The number of carbonyl (C=O) groups is 2. The fraction of sp³-hybridized carbons (Fsp3) is 0.200. The van der Waals surface area contributed by atoms with Crippen molar-refractivity contribution in [1.29, 1.82) is 5.26 Å². The second-order valence-corrected chi connectivity index (χ2v) is 10.3. The van der Waals surface area contributed by atoms with Gasteiger partial charge in [-0.25, -0.2) is 4.68 Å². The van der Waals surface area contributed by atoms with Crippen LogP contribution in [0.4, 0.5) is 0 Å². The predicted octanol–water partition coefficient (Wildman–Crippen LogP) is 5.71. The molecule has 0 atom stereocenters. The van der Waals surface area contributed by atoms with Crippen LogP contribution in [-0.4, -0.2) is 54.4 Å². The van der Waals surface area contributed by atoms with Gasteiger partial charge in [0.2, 0.25) is 0 Å². The minimum Gasteiger partial charge on any atom is -0.496 e. The molecule has 0 spiro atoms. The summed E-state index contributed by atoms with van der Waals surface area (Å²) in [7, 11) is 4.72. The van der Waals surface area contributed by atoms with Gasteiger partial charge in [-0.1, -0.05) is 24.3 Å². The zero-order valence-corrected chi connectivity index (χ0v) is 25.2. The Morgan fingerprint density at radius 3 is 2.23 bits per heavy atom. The molecule has 0 bridgehead atoms. The van der Waals surface area contributed by atoms with E-state index >= 15 is 0 Å². The van der Waals surface area contributed by atoms with Crippen LogP contribution >= 0.6 is 0 Å². The van der Waals surface area contributed by atoms with E-state index in [2.05, 4.69) is 0 Å². The first-order chi connectivity index (χ1) is 21.3. The molecule has 0 aliphatic carbocycles. The second kappa shape index (κ2) is 12.7. The standard InChI is InChI=1S/C35H32N4O5/c1-22-17-25(12-14-30(22)42-3)33-26(21-39(37-33)27-9-7-6-8-10-27)19-28-23(2)29(20-36)35(41)38(34(28)40)16-15-24-11-13-31(43-4)32(18-24)44-5/h6-14,17-19,21H,15-16H2,1-5H3/b28-19+. The predicted molar refractivity (Wildman–Crippen MR) is 167 cm³/mol. The highest BCUT2D eigenvalue weighted by atomic mass is 16.5. The van der Waals surface area contributed by atoms with Crippen LogP contribution in [0, 0.1) is 18.3 Å². The number of nitrogens with zero attached hydrogens (tertiary/aromatic N) is 4. The van der Waals surface area contributed by atoms with Crippen LogP contribution in [0.2, 0.25) is 0 Å². The Balaban J connectivity index is 1.57. The third-order valence-electron chi connectivity index (χ3n) is 7.63. The van der Waals surface area contributed by atoms with Crippen molar-refractivity contribution >= 4 is 17.9 Å². The summed E-state index contributed by atoms with van der Waals surface area (Å²) >= 11 is 0. The minimum atomic E-state index is -0.612. The maximum Gasteiger partial charge on any atom is 0.271 e. The lowest BCUT2D eigenvalue weighted by molar-refractivity contribution is -0.140. The molecule has 4 aromatic rings.